The molecule has 2 unspecified atom stereocenters. The van der Waals surface area contributed by atoms with Crippen molar-refractivity contribution in [1.29, 1.82) is 0 Å². The standard InChI is InChI=1S/C69H134NO8P/c1-6-8-10-12-14-16-18-20-22-24-25-26-27-28-29-30-31-32-33-34-35-36-37-38-39-40-41-42-43-44-45-46-48-49-51-53-55-57-59-61-68(71)75-65-67(66-77-79(73,74)76-64-63-70(3,4)5)78-69(72)62-60-58-56-54-52-50-47-23-21-19-17-15-13-11-9-7-2/h17,19,23,47,67H,6-16,18,20-22,24-46,48-66H2,1-5H3/b19-17-,47-23-. The van der Waals surface area contributed by atoms with Crippen molar-refractivity contribution in [1.82, 2.24) is 0 Å². The normalized spacial score (nSPS) is 13.2. The van der Waals surface area contributed by atoms with Crippen LogP contribution in [0, 0.1) is 0 Å². The van der Waals surface area contributed by atoms with Crippen molar-refractivity contribution in [3.63, 3.8) is 0 Å². The molecule has 0 aromatic rings. The average molecular weight is 1140 g/mol. The second-order valence-corrected chi connectivity index (χ2v) is 26.3. The van der Waals surface area contributed by atoms with Gasteiger partial charge in [0.05, 0.1) is 27.7 Å². The fourth-order valence-electron chi connectivity index (χ4n) is 10.4. The third kappa shape index (κ3) is 65.5. The lowest BCUT2D eigenvalue weighted by atomic mass is 10.0. The van der Waals surface area contributed by atoms with Crippen LogP contribution in [0.25, 0.3) is 0 Å². The van der Waals surface area contributed by atoms with Crippen molar-refractivity contribution in [3.05, 3.63) is 24.3 Å². The maximum atomic E-state index is 12.8. The van der Waals surface area contributed by atoms with Gasteiger partial charge < -0.3 is 27.9 Å². The Balaban J connectivity index is 3.85. The van der Waals surface area contributed by atoms with Gasteiger partial charge in [0.1, 0.15) is 19.8 Å². The molecule has 0 saturated carbocycles. The van der Waals surface area contributed by atoms with Gasteiger partial charge in [-0.2, -0.15) is 0 Å². The van der Waals surface area contributed by atoms with Crippen molar-refractivity contribution in [2.24, 2.45) is 0 Å². The number of phosphoric ester groups is 1. The van der Waals surface area contributed by atoms with Crippen LogP contribution in [0.1, 0.15) is 354 Å². The van der Waals surface area contributed by atoms with E-state index in [0.29, 0.717) is 17.4 Å². The smallest absolute Gasteiger partial charge is 0.306 e. The topological polar surface area (TPSA) is 111 Å². The second kappa shape index (κ2) is 61.1. The van der Waals surface area contributed by atoms with Crippen LogP contribution in [0.5, 0.6) is 0 Å². The second-order valence-electron chi connectivity index (χ2n) is 24.9. The number of nitrogens with zero attached hydrogens (tertiary/aromatic N) is 1. The summed E-state index contributed by atoms with van der Waals surface area (Å²) in [5.74, 6) is -0.832. The number of hydrogen-bond donors (Lipinski definition) is 0. The first kappa shape index (κ1) is 77.5. The number of ether oxygens (including phenoxy) is 2. The molecule has 9 nitrogen and oxygen atoms in total. The van der Waals surface area contributed by atoms with Crippen molar-refractivity contribution < 1.29 is 42.1 Å². The lowest BCUT2D eigenvalue weighted by Crippen LogP contribution is -2.37. The summed E-state index contributed by atoms with van der Waals surface area (Å²) < 4.78 is 34.2. The zero-order valence-electron chi connectivity index (χ0n) is 53.4. The maximum absolute atomic E-state index is 12.8. The Labute approximate surface area is 491 Å². The highest BCUT2D eigenvalue weighted by molar-refractivity contribution is 7.45. The summed E-state index contributed by atoms with van der Waals surface area (Å²) in [6.45, 7) is 4.26. The number of likely N-dealkylation sites (N-methyl/N-ethyl adjacent to an activating group) is 1. The highest BCUT2D eigenvalue weighted by atomic mass is 31.2. The molecule has 0 aromatic heterocycles. The molecule has 0 amide bonds. The van der Waals surface area contributed by atoms with Crippen LogP contribution in [-0.2, 0) is 32.7 Å². The first-order chi connectivity index (χ1) is 38.5. The van der Waals surface area contributed by atoms with Crippen molar-refractivity contribution in [2.45, 2.75) is 360 Å². The molecule has 0 N–H and O–H groups in total. The number of carbonyl (C=O) groups is 2. The summed E-state index contributed by atoms with van der Waals surface area (Å²) in [5.41, 5.74) is 0. The fourth-order valence-corrected chi connectivity index (χ4v) is 11.1. The molecule has 2 atom stereocenters. The van der Waals surface area contributed by atoms with Gasteiger partial charge in [-0.1, -0.05) is 321 Å². The van der Waals surface area contributed by atoms with Crippen LogP contribution in [0.4, 0.5) is 0 Å². The number of unbranched alkanes of at least 4 members (excludes halogenated alkanes) is 47. The van der Waals surface area contributed by atoms with Gasteiger partial charge in [0.15, 0.2) is 6.10 Å². The molecule has 0 fully saturated rings. The summed E-state index contributed by atoms with van der Waals surface area (Å²) in [5, 5.41) is 0. The molecular formula is C69H134NO8P. The number of quaternary nitrogens is 1. The molecule has 0 aliphatic carbocycles. The van der Waals surface area contributed by atoms with Crippen LogP contribution < -0.4 is 4.89 Å². The monoisotopic (exact) mass is 1140 g/mol. The van der Waals surface area contributed by atoms with E-state index in [1.54, 1.807) is 0 Å². The number of esters is 2. The van der Waals surface area contributed by atoms with Gasteiger partial charge in [0.25, 0.3) is 7.82 Å². The summed E-state index contributed by atoms with van der Waals surface area (Å²) in [6, 6.07) is 0. The molecule has 79 heavy (non-hydrogen) atoms. The highest BCUT2D eigenvalue weighted by Gasteiger charge is 2.22. The lowest BCUT2D eigenvalue weighted by Gasteiger charge is -2.28. The molecule has 0 heterocycles. The van der Waals surface area contributed by atoms with E-state index in [1.807, 2.05) is 21.1 Å². The Morgan fingerprint density at radius 3 is 1.01 bits per heavy atom. The van der Waals surface area contributed by atoms with Crippen molar-refractivity contribution in [2.75, 3.05) is 47.5 Å². The van der Waals surface area contributed by atoms with Gasteiger partial charge in [-0.25, -0.2) is 0 Å². The van der Waals surface area contributed by atoms with Crippen LogP contribution in [0.15, 0.2) is 24.3 Å². The third-order valence-electron chi connectivity index (χ3n) is 15.7. The Kier molecular flexibility index (Phi) is 59.9. The van der Waals surface area contributed by atoms with Crippen LogP contribution >= 0.6 is 7.82 Å². The van der Waals surface area contributed by atoms with Gasteiger partial charge in [0.2, 0.25) is 0 Å². The Hall–Kier alpha value is -1.51. The number of carbonyl (C=O) groups excluding carboxylic acids is 2. The SMILES string of the molecule is CCCCCC/C=C\C/C=C\CCCCCCCC(=O)OC(COC(=O)CCCCCCCCCCCCCCCCCCCCCCCCCCCCCCCCCCCCCCCCC)COP(=O)([O-])OCC[N+](C)(C)C. The molecule has 468 valence electrons. The van der Waals surface area contributed by atoms with E-state index in [4.69, 9.17) is 18.5 Å². The minimum absolute atomic E-state index is 0.0313. The number of hydrogen-bond acceptors (Lipinski definition) is 8. The summed E-state index contributed by atoms with van der Waals surface area (Å²) in [6.07, 6.45) is 75.8. The van der Waals surface area contributed by atoms with E-state index < -0.39 is 26.5 Å². The summed E-state index contributed by atoms with van der Waals surface area (Å²) >= 11 is 0. The average Bonchev–Trinajstić information content (AvgIpc) is 3.41. The Morgan fingerprint density at radius 1 is 0.392 bits per heavy atom. The first-order valence-electron chi connectivity index (χ1n) is 34.5. The van der Waals surface area contributed by atoms with Crippen molar-refractivity contribution in [3.8, 4) is 0 Å². The van der Waals surface area contributed by atoms with Gasteiger partial charge in [-0.3, -0.25) is 14.2 Å². The maximum Gasteiger partial charge on any atom is 0.306 e. The molecular weight excluding hydrogens is 1000 g/mol. The van der Waals surface area contributed by atoms with E-state index >= 15 is 0 Å². The predicted molar refractivity (Wildman–Crippen MR) is 338 cm³/mol. The quantitative estimate of drug-likeness (QED) is 0.0195. The van der Waals surface area contributed by atoms with Crippen LogP contribution in [-0.4, -0.2) is 70.0 Å². The Bertz CT molecular complexity index is 1380. The largest absolute Gasteiger partial charge is 0.756 e. The van der Waals surface area contributed by atoms with E-state index in [1.165, 1.54) is 263 Å². The van der Waals surface area contributed by atoms with Gasteiger partial charge in [-0.05, 0) is 44.9 Å². The third-order valence-corrected chi connectivity index (χ3v) is 16.7. The molecule has 0 aliphatic rings. The summed E-state index contributed by atoms with van der Waals surface area (Å²) in [7, 11) is 1.17. The Morgan fingerprint density at radius 2 is 0.684 bits per heavy atom. The van der Waals surface area contributed by atoms with E-state index in [9.17, 15) is 19.0 Å². The van der Waals surface area contributed by atoms with E-state index in [0.717, 1.165) is 57.8 Å². The molecule has 0 aliphatic heterocycles. The van der Waals surface area contributed by atoms with Gasteiger partial charge in [-0.15, -0.1) is 0 Å². The van der Waals surface area contributed by atoms with Crippen LogP contribution in [0.2, 0.25) is 0 Å². The van der Waals surface area contributed by atoms with E-state index in [2.05, 4.69) is 38.2 Å². The number of phosphoric acid groups is 1. The lowest BCUT2D eigenvalue weighted by molar-refractivity contribution is -0.870. The molecule has 0 radical (unpaired) electrons. The minimum atomic E-state index is -4.64. The zero-order valence-corrected chi connectivity index (χ0v) is 54.2. The van der Waals surface area contributed by atoms with E-state index in [-0.39, 0.29) is 32.0 Å². The zero-order chi connectivity index (χ0) is 57.7. The fraction of sp³-hybridized carbons (Fsp3) is 0.913. The summed E-state index contributed by atoms with van der Waals surface area (Å²) in [4.78, 5) is 37.9. The van der Waals surface area contributed by atoms with Gasteiger partial charge >= 0.3 is 11.9 Å². The molecule has 0 aromatic carbocycles. The molecule has 0 saturated heterocycles. The minimum Gasteiger partial charge on any atom is -0.756 e. The number of allylic oxidation sites excluding steroid dienone is 4. The van der Waals surface area contributed by atoms with Crippen molar-refractivity contribution >= 4 is 19.8 Å². The molecule has 10 heteroatoms. The number of rotatable bonds is 65. The molecule has 0 bridgehead atoms. The highest BCUT2D eigenvalue weighted by Crippen LogP contribution is 2.38. The molecule has 0 rings (SSSR count). The predicted octanol–water partition coefficient (Wildman–Crippen LogP) is 21.5. The van der Waals surface area contributed by atoms with Gasteiger partial charge in [0, 0.05) is 12.8 Å². The first-order valence-corrected chi connectivity index (χ1v) is 36.0. The molecule has 0 spiro atoms. The van der Waals surface area contributed by atoms with Crippen LogP contribution in [0.3, 0.4) is 0 Å².